The molecule has 1 aliphatic heterocycles. The zero-order chi connectivity index (χ0) is 13.8. The number of fused-ring (bicyclic) bond motifs is 1. The van der Waals surface area contributed by atoms with Crippen LogP contribution in [-0.2, 0) is 13.5 Å². The van der Waals surface area contributed by atoms with Crippen LogP contribution in [0.4, 0.5) is 5.69 Å². The fourth-order valence-corrected chi connectivity index (χ4v) is 2.19. The molecular formula is C15H20N4. The van der Waals surface area contributed by atoms with Gasteiger partial charge in [-0.15, -0.1) is 0 Å². The summed E-state index contributed by atoms with van der Waals surface area (Å²) in [6.45, 7) is 6.07. The van der Waals surface area contributed by atoms with E-state index in [2.05, 4.69) is 22.0 Å². The lowest BCUT2D eigenvalue weighted by Gasteiger charge is -2.10. The molecule has 4 nitrogen and oxygen atoms in total. The number of nitrogens with zero attached hydrogens (tertiary/aromatic N) is 4. The first-order valence-electron chi connectivity index (χ1n) is 6.76. The number of aromatic nitrogens is 3. The summed E-state index contributed by atoms with van der Waals surface area (Å²) in [5.74, 6) is 0. The highest BCUT2D eigenvalue weighted by Gasteiger charge is 2.20. The average Bonchev–Trinajstić information content (AvgIpc) is 2.79. The van der Waals surface area contributed by atoms with Crippen molar-refractivity contribution in [2.75, 3.05) is 0 Å². The average molecular weight is 256 g/mol. The third-order valence-corrected chi connectivity index (χ3v) is 3.10. The Morgan fingerprint density at radius 2 is 2.00 bits per heavy atom. The van der Waals surface area contributed by atoms with Crippen molar-refractivity contribution in [3.63, 3.8) is 0 Å². The second kappa shape index (κ2) is 5.78. The predicted octanol–water partition coefficient (Wildman–Crippen LogP) is 3.55. The summed E-state index contributed by atoms with van der Waals surface area (Å²) in [6, 6.07) is 3.95. The minimum atomic E-state index is 0.939. The molecule has 3 rings (SSSR count). The zero-order valence-corrected chi connectivity index (χ0v) is 12.0. The Kier molecular flexibility index (Phi) is 4.10. The van der Waals surface area contributed by atoms with Crippen molar-refractivity contribution in [1.29, 1.82) is 0 Å². The van der Waals surface area contributed by atoms with Crippen LogP contribution in [0.2, 0.25) is 0 Å². The highest BCUT2D eigenvalue weighted by molar-refractivity contribution is 5.90. The van der Waals surface area contributed by atoms with E-state index in [1.54, 1.807) is 6.20 Å². The monoisotopic (exact) mass is 256 g/mol. The van der Waals surface area contributed by atoms with Crippen LogP contribution in [0.5, 0.6) is 0 Å². The molecule has 0 amide bonds. The van der Waals surface area contributed by atoms with Gasteiger partial charge in [-0.25, -0.2) is 0 Å². The summed E-state index contributed by atoms with van der Waals surface area (Å²) in [5, 5.41) is 4.57. The Morgan fingerprint density at radius 1 is 1.21 bits per heavy atom. The Labute approximate surface area is 114 Å². The molecule has 0 aromatic carbocycles. The van der Waals surface area contributed by atoms with Crippen LogP contribution in [0.3, 0.4) is 0 Å². The van der Waals surface area contributed by atoms with Crippen LogP contribution in [-0.4, -0.2) is 20.5 Å². The molecule has 0 saturated carbocycles. The summed E-state index contributed by atoms with van der Waals surface area (Å²) >= 11 is 0. The van der Waals surface area contributed by atoms with Gasteiger partial charge in [0.05, 0.1) is 5.69 Å². The van der Waals surface area contributed by atoms with Crippen molar-refractivity contribution in [1.82, 2.24) is 14.8 Å². The normalized spacial score (nSPS) is 13.2. The van der Waals surface area contributed by atoms with Gasteiger partial charge in [0.15, 0.2) is 0 Å². The summed E-state index contributed by atoms with van der Waals surface area (Å²) < 4.78 is 1.94. The maximum Gasteiger partial charge on any atom is 0.120 e. The van der Waals surface area contributed by atoms with Crippen LogP contribution < -0.4 is 0 Å². The fourth-order valence-electron chi connectivity index (χ4n) is 2.19. The molecule has 0 spiro atoms. The Bertz CT molecular complexity index is 582. The van der Waals surface area contributed by atoms with E-state index >= 15 is 0 Å². The molecule has 3 heterocycles. The van der Waals surface area contributed by atoms with Gasteiger partial charge in [0.1, 0.15) is 11.4 Å². The molecule has 0 saturated heterocycles. The smallest absolute Gasteiger partial charge is 0.120 e. The Hall–Kier alpha value is -1.97. The molecule has 1 aliphatic rings. The summed E-state index contributed by atoms with van der Waals surface area (Å²) in [4.78, 5) is 8.79. The quantitative estimate of drug-likeness (QED) is 0.783. The number of aryl methyl sites for hydroxylation is 1. The van der Waals surface area contributed by atoms with Gasteiger partial charge >= 0.3 is 0 Å². The molecule has 2 aromatic rings. The van der Waals surface area contributed by atoms with E-state index in [1.807, 2.05) is 43.9 Å². The first-order valence-corrected chi connectivity index (χ1v) is 6.76. The molecule has 19 heavy (non-hydrogen) atoms. The lowest BCUT2D eigenvalue weighted by Crippen LogP contribution is -2.05. The molecule has 0 unspecified atom stereocenters. The van der Waals surface area contributed by atoms with Gasteiger partial charge in [-0.1, -0.05) is 13.8 Å². The molecule has 100 valence electrons. The van der Waals surface area contributed by atoms with Crippen molar-refractivity contribution in [2.45, 2.75) is 33.6 Å². The van der Waals surface area contributed by atoms with Crippen molar-refractivity contribution >= 4 is 11.4 Å². The van der Waals surface area contributed by atoms with Gasteiger partial charge in [0, 0.05) is 30.7 Å². The summed E-state index contributed by atoms with van der Waals surface area (Å²) in [7, 11) is 1.98. The molecule has 4 heteroatoms. The van der Waals surface area contributed by atoms with E-state index in [-0.39, 0.29) is 0 Å². The number of hydrogen-bond acceptors (Lipinski definition) is 3. The number of pyridine rings is 1. The molecule has 2 aromatic heterocycles. The topological polar surface area (TPSA) is 43.1 Å². The van der Waals surface area contributed by atoms with Gasteiger partial charge in [0.2, 0.25) is 0 Å². The number of hydrogen-bond donors (Lipinski definition) is 0. The summed E-state index contributed by atoms with van der Waals surface area (Å²) in [6.07, 6.45) is 5.66. The van der Waals surface area contributed by atoms with Gasteiger partial charge in [0.25, 0.3) is 0 Å². The van der Waals surface area contributed by atoms with E-state index < -0.39 is 0 Å². The van der Waals surface area contributed by atoms with Crippen LogP contribution in [0.25, 0.3) is 11.3 Å². The SMILES string of the molecule is CC.CC1=Nc2c(-c3cccnc3)nn(C)c2CC1. The van der Waals surface area contributed by atoms with E-state index in [1.165, 1.54) is 11.4 Å². The third-order valence-electron chi connectivity index (χ3n) is 3.10. The predicted molar refractivity (Wildman–Crippen MR) is 78.9 cm³/mol. The minimum Gasteiger partial charge on any atom is -0.270 e. The molecule has 0 radical (unpaired) electrons. The molecule has 0 bridgehead atoms. The van der Waals surface area contributed by atoms with Crippen molar-refractivity contribution in [3.8, 4) is 11.3 Å². The van der Waals surface area contributed by atoms with Gasteiger partial charge in [-0.05, 0) is 31.9 Å². The second-order valence-electron chi connectivity index (χ2n) is 4.36. The van der Waals surface area contributed by atoms with E-state index in [4.69, 9.17) is 0 Å². The minimum absolute atomic E-state index is 0.939. The maximum absolute atomic E-state index is 4.65. The largest absolute Gasteiger partial charge is 0.270 e. The van der Waals surface area contributed by atoms with Crippen molar-refractivity contribution in [2.24, 2.45) is 12.0 Å². The molecule has 0 N–H and O–H groups in total. The van der Waals surface area contributed by atoms with E-state index in [0.29, 0.717) is 0 Å². The van der Waals surface area contributed by atoms with Crippen LogP contribution in [0.15, 0.2) is 29.5 Å². The fraction of sp³-hybridized carbons (Fsp3) is 0.400. The lowest BCUT2D eigenvalue weighted by atomic mass is 10.1. The van der Waals surface area contributed by atoms with Crippen molar-refractivity contribution in [3.05, 3.63) is 30.2 Å². The molecule has 0 fully saturated rings. The first-order chi connectivity index (χ1) is 9.25. The Morgan fingerprint density at radius 3 is 2.68 bits per heavy atom. The Balaban J connectivity index is 0.000000637. The maximum atomic E-state index is 4.65. The second-order valence-corrected chi connectivity index (χ2v) is 4.36. The molecule has 0 atom stereocenters. The summed E-state index contributed by atoms with van der Waals surface area (Å²) in [5.41, 5.74) is 5.38. The van der Waals surface area contributed by atoms with E-state index in [9.17, 15) is 0 Å². The van der Waals surface area contributed by atoms with Crippen molar-refractivity contribution < 1.29 is 0 Å². The zero-order valence-electron chi connectivity index (χ0n) is 12.0. The third kappa shape index (κ3) is 2.57. The van der Waals surface area contributed by atoms with E-state index in [0.717, 1.165) is 29.8 Å². The highest BCUT2D eigenvalue weighted by atomic mass is 15.3. The standard InChI is InChI=1S/C13H14N4.C2H6/c1-9-5-6-11-13(15-9)12(16-17(11)2)10-4-3-7-14-8-10;1-2/h3-4,7-8H,5-6H2,1-2H3;1-2H3. The van der Waals surface area contributed by atoms with Gasteiger partial charge < -0.3 is 0 Å². The lowest BCUT2D eigenvalue weighted by molar-refractivity contribution is 0.710. The van der Waals surface area contributed by atoms with Gasteiger partial charge in [-0.3, -0.25) is 14.7 Å². The number of aliphatic imine (C=N–C) groups is 1. The van der Waals surface area contributed by atoms with Gasteiger partial charge in [-0.2, -0.15) is 5.10 Å². The van der Waals surface area contributed by atoms with Crippen LogP contribution in [0, 0.1) is 0 Å². The van der Waals surface area contributed by atoms with Crippen LogP contribution >= 0.6 is 0 Å². The molecule has 0 aliphatic carbocycles. The highest BCUT2D eigenvalue weighted by Crippen LogP contribution is 2.35. The van der Waals surface area contributed by atoms with Crippen LogP contribution in [0.1, 0.15) is 32.9 Å². The molecular weight excluding hydrogens is 236 g/mol. The first kappa shape index (κ1) is 13.5. The number of rotatable bonds is 1.